The lowest BCUT2D eigenvalue weighted by Crippen LogP contribution is -2.38. The molecule has 1 fully saturated rings. The Labute approximate surface area is 172 Å². The van der Waals surface area contributed by atoms with Gasteiger partial charge in [0.2, 0.25) is 0 Å². The summed E-state index contributed by atoms with van der Waals surface area (Å²) < 4.78 is 5.55. The van der Waals surface area contributed by atoms with Crippen molar-refractivity contribution in [1.82, 2.24) is 4.90 Å². The van der Waals surface area contributed by atoms with Gasteiger partial charge in [-0.25, -0.2) is 4.79 Å². The van der Waals surface area contributed by atoms with E-state index in [1.807, 2.05) is 57.2 Å². The topological polar surface area (TPSA) is 41.6 Å². The van der Waals surface area contributed by atoms with Gasteiger partial charge >= 0.3 is 5.97 Å². The summed E-state index contributed by atoms with van der Waals surface area (Å²) in [4.78, 5) is 14.8. The van der Waals surface area contributed by atoms with Gasteiger partial charge in [0, 0.05) is 18.8 Å². The first kappa shape index (κ1) is 20.3. The maximum absolute atomic E-state index is 12.6. The van der Waals surface area contributed by atoms with Crippen molar-refractivity contribution in [3.05, 3.63) is 64.2 Å². The molecule has 0 aromatic heterocycles. The molecule has 0 atom stereocenters. The summed E-state index contributed by atoms with van der Waals surface area (Å²) in [7, 11) is 0. The second-order valence-corrected chi connectivity index (χ2v) is 7.85. The average molecular weight is 397 g/mol. The van der Waals surface area contributed by atoms with Gasteiger partial charge in [0.15, 0.2) is 5.11 Å². The van der Waals surface area contributed by atoms with Crippen LogP contribution in [0.25, 0.3) is 0 Å². The second kappa shape index (κ2) is 9.20. The van der Waals surface area contributed by atoms with Crippen LogP contribution in [0.5, 0.6) is 0 Å². The molecule has 0 unspecified atom stereocenters. The van der Waals surface area contributed by atoms with Crippen molar-refractivity contribution in [3.8, 4) is 0 Å². The maximum atomic E-state index is 12.6. The molecule has 2 aromatic rings. The average Bonchev–Trinajstić information content (AvgIpc) is 2.70. The van der Waals surface area contributed by atoms with Crippen LogP contribution in [0.2, 0.25) is 0 Å². The van der Waals surface area contributed by atoms with Gasteiger partial charge in [-0.05, 0) is 86.6 Å². The summed E-state index contributed by atoms with van der Waals surface area (Å²) in [5.41, 5.74) is 5.55. The molecule has 4 nitrogen and oxygen atoms in total. The predicted octanol–water partition coefficient (Wildman–Crippen LogP) is 5.15. The molecule has 2 aromatic carbocycles. The summed E-state index contributed by atoms with van der Waals surface area (Å²) >= 11 is 5.57. The van der Waals surface area contributed by atoms with Crippen molar-refractivity contribution in [2.45, 2.75) is 46.6 Å². The fourth-order valence-corrected chi connectivity index (χ4v) is 3.75. The van der Waals surface area contributed by atoms with Gasteiger partial charge in [0.05, 0.1) is 5.56 Å². The molecule has 0 radical (unpaired) electrons. The van der Waals surface area contributed by atoms with Gasteiger partial charge in [-0.1, -0.05) is 24.3 Å². The van der Waals surface area contributed by atoms with Crippen LogP contribution in [0.15, 0.2) is 36.4 Å². The summed E-state index contributed by atoms with van der Waals surface area (Å²) in [6.07, 6.45) is 3.65. The second-order valence-electron chi connectivity index (χ2n) is 7.46. The molecule has 1 N–H and O–H groups in total. The number of carbonyl (C=O) groups excluding carboxylic acids is 1. The smallest absolute Gasteiger partial charge is 0.338 e. The number of anilines is 1. The molecule has 0 aliphatic carbocycles. The molecule has 0 bridgehead atoms. The number of hydrogen-bond acceptors (Lipinski definition) is 3. The number of benzene rings is 2. The van der Waals surface area contributed by atoms with E-state index >= 15 is 0 Å². The van der Waals surface area contributed by atoms with Crippen LogP contribution in [-0.2, 0) is 11.3 Å². The normalized spacial score (nSPS) is 13.9. The van der Waals surface area contributed by atoms with E-state index < -0.39 is 0 Å². The summed E-state index contributed by atoms with van der Waals surface area (Å²) in [5.74, 6) is -0.297. The van der Waals surface area contributed by atoms with E-state index in [1.165, 1.54) is 19.3 Å². The van der Waals surface area contributed by atoms with Crippen molar-refractivity contribution >= 4 is 29.0 Å². The first-order chi connectivity index (χ1) is 13.5. The first-order valence-electron chi connectivity index (χ1n) is 9.84. The molecule has 3 rings (SSSR count). The minimum Gasteiger partial charge on any atom is -0.457 e. The fourth-order valence-electron chi connectivity index (χ4n) is 3.46. The van der Waals surface area contributed by atoms with Crippen LogP contribution in [0.1, 0.15) is 51.9 Å². The van der Waals surface area contributed by atoms with Gasteiger partial charge in [0.25, 0.3) is 0 Å². The summed E-state index contributed by atoms with van der Waals surface area (Å²) in [5, 5.41) is 4.12. The Bertz CT molecular complexity index is 873. The van der Waals surface area contributed by atoms with E-state index in [9.17, 15) is 4.79 Å². The van der Waals surface area contributed by atoms with Gasteiger partial charge in [-0.2, -0.15) is 0 Å². The molecule has 1 saturated heterocycles. The number of likely N-dealkylation sites (tertiary alicyclic amines) is 1. The Balaban J connectivity index is 1.67. The van der Waals surface area contributed by atoms with E-state index in [2.05, 4.69) is 10.2 Å². The molecule has 0 spiro atoms. The number of hydrogen-bond donors (Lipinski definition) is 1. The van der Waals surface area contributed by atoms with Crippen LogP contribution in [-0.4, -0.2) is 29.1 Å². The van der Waals surface area contributed by atoms with Crippen LogP contribution in [0, 0.1) is 20.8 Å². The molecular weight excluding hydrogens is 368 g/mol. The lowest BCUT2D eigenvalue weighted by atomic mass is 10.0. The zero-order chi connectivity index (χ0) is 20.1. The number of thiocarbonyl (C=S) groups is 1. The SMILES string of the molecule is Cc1ccccc1COC(=O)c1cc(C)c(NC(=S)N2CCCCC2)cc1C. The zero-order valence-electron chi connectivity index (χ0n) is 16.9. The highest BCUT2D eigenvalue weighted by Crippen LogP contribution is 2.23. The highest BCUT2D eigenvalue weighted by Gasteiger charge is 2.17. The Kier molecular flexibility index (Phi) is 6.68. The summed E-state index contributed by atoms with van der Waals surface area (Å²) in [6, 6.07) is 11.8. The first-order valence-corrected chi connectivity index (χ1v) is 10.3. The maximum Gasteiger partial charge on any atom is 0.338 e. The number of nitrogens with zero attached hydrogens (tertiary/aromatic N) is 1. The van der Waals surface area contributed by atoms with E-state index in [0.29, 0.717) is 5.56 Å². The van der Waals surface area contributed by atoms with Gasteiger partial charge in [-0.15, -0.1) is 0 Å². The molecule has 1 aliphatic rings. The van der Waals surface area contributed by atoms with Crippen molar-refractivity contribution in [3.63, 3.8) is 0 Å². The Morgan fingerprint density at radius 3 is 2.46 bits per heavy atom. The standard InChI is InChI=1S/C23H28N2O2S/c1-16-9-5-6-10-19(16)15-27-22(26)20-13-18(3)21(14-17(20)2)24-23(28)25-11-7-4-8-12-25/h5-6,9-10,13-14H,4,7-8,11-12,15H2,1-3H3,(H,24,28). The lowest BCUT2D eigenvalue weighted by molar-refractivity contribution is 0.0471. The van der Waals surface area contributed by atoms with Crippen molar-refractivity contribution in [1.29, 1.82) is 0 Å². The van der Waals surface area contributed by atoms with E-state index in [1.54, 1.807) is 0 Å². The van der Waals surface area contributed by atoms with Gasteiger partial charge < -0.3 is 15.0 Å². The molecule has 1 heterocycles. The molecular formula is C23H28N2O2S. The molecule has 5 heteroatoms. The Hall–Kier alpha value is -2.40. The monoisotopic (exact) mass is 396 g/mol. The largest absolute Gasteiger partial charge is 0.457 e. The van der Waals surface area contributed by atoms with E-state index in [4.69, 9.17) is 17.0 Å². The highest BCUT2D eigenvalue weighted by atomic mass is 32.1. The number of aryl methyl sites for hydroxylation is 3. The minimum absolute atomic E-state index is 0.281. The minimum atomic E-state index is -0.297. The highest BCUT2D eigenvalue weighted by molar-refractivity contribution is 7.80. The third-order valence-electron chi connectivity index (χ3n) is 5.30. The molecule has 28 heavy (non-hydrogen) atoms. The summed E-state index contributed by atoms with van der Waals surface area (Å²) in [6.45, 7) is 8.23. The van der Waals surface area contributed by atoms with Gasteiger partial charge in [0.1, 0.15) is 6.61 Å². The van der Waals surface area contributed by atoms with Crippen LogP contribution >= 0.6 is 12.2 Å². The molecule has 0 amide bonds. The third-order valence-corrected chi connectivity index (χ3v) is 5.66. The number of ether oxygens (including phenoxy) is 1. The Morgan fingerprint density at radius 1 is 1.04 bits per heavy atom. The third kappa shape index (κ3) is 4.90. The molecule has 148 valence electrons. The van der Waals surface area contributed by atoms with Crippen LogP contribution in [0.4, 0.5) is 5.69 Å². The fraction of sp³-hybridized carbons (Fsp3) is 0.391. The molecule has 1 aliphatic heterocycles. The number of piperidine rings is 1. The van der Waals surface area contributed by atoms with Gasteiger partial charge in [-0.3, -0.25) is 0 Å². The quantitative estimate of drug-likeness (QED) is 0.572. The Morgan fingerprint density at radius 2 is 1.75 bits per heavy atom. The van der Waals surface area contributed by atoms with Crippen molar-refractivity contribution in [2.75, 3.05) is 18.4 Å². The number of carbonyl (C=O) groups is 1. The van der Waals surface area contributed by atoms with Crippen molar-refractivity contribution in [2.24, 2.45) is 0 Å². The van der Waals surface area contributed by atoms with E-state index in [0.717, 1.165) is 46.1 Å². The molecule has 0 saturated carbocycles. The lowest BCUT2D eigenvalue weighted by Gasteiger charge is -2.29. The number of rotatable bonds is 4. The van der Waals surface area contributed by atoms with E-state index in [-0.39, 0.29) is 12.6 Å². The number of esters is 1. The zero-order valence-corrected chi connectivity index (χ0v) is 17.7. The van der Waals surface area contributed by atoms with Crippen LogP contribution < -0.4 is 5.32 Å². The predicted molar refractivity (Wildman–Crippen MR) is 118 cm³/mol. The van der Waals surface area contributed by atoms with Crippen molar-refractivity contribution < 1.29 is 9.53 Å². The number of nitrogens with one attached hydrogen (secondary N) is 1. The van der Waals surface area contributed by atoms with Crippen LogP contribution in [0.3, 0.4) is 0 Å².